The third-order valence-corrected chi connectivity index (χ3v) is 3.72. The van der Waals surface area contributed by atoms with Crippen molar-refractivity contribution in [2.75, 3.05) is 12.8 Å². The SMILES string of the molecule is COc1cc(N)ccc1SCc1ccc(Cl)nc1. The molecule has 1 heterocycles. The van der Waals surface area contributed by atoms with E-state index in [1.807, 2.05) is 24.3 Å². The van der Waals surface area contributed by atoms with Crippen molar-refractivity contribution in [3.63, 3.8) is 0 Å². The summed E-state index contributed by atoms with van der Waals surface area (Å²) in [6.45, 7) is 0. The van der Waals surface area contributed by atoms with Crippen LogP contribution in [0, 0.1) is 0 Å². The maximum Gasteiger partial charge on any atom is 0.134 e. The average molecular weight is 281 g/mol. The lowest BCUT2D eigenvalue weighted by atomic mass is 10.3. The van der Waals surface area contributed by atoms with E-state index < -0.39 is 0 Å². The van der Waals surface area contributed by atoms with E-state index >= 15 is 0 Å². The minimum atomic E-state index is 0.508. The number of hydrogen-bond donors (Lipinski definition) is 1. The second-order valence-electron chi connectivity index (χ2n) is 3.69. The van der Waals surface area contributed by atoms with E-state index in [0.717, 1.165) is 22.0 Å². The molecule has 0 bridgehead atoms. The standard InChI is InChI=1S/C13H13ClN2OS/c1-17-11-6-10(15)3-4-12(11)18-8-9-2-5-13(14)16-7-9/h2-7H,8,15H2,1H3. The molecule has 0 aliphatic rings. The Hall–Kier alpha value is -1.39. The van der Waals surface area contributed by atoms with Gasteiger partial charge in [0.05, 0.1) is 7.11 Å². The molecule has 0 saturated heterocycles. The van der Waals surface area contributed by atoms with Gasteiger partial charge in [-0.15, -0.1) is 11.8 Å². The summed E-state index contributed by atoms with van der Waals surface area (Å²) in [5.41, 5.74) is 7.53. The number of methoxy groups -OCH3 is 1. The third-order valence-electron chi connectivity index (χ3n) is 2.37. The number of benzene rings is 1. The molecular formula is C13H13ClN2OS. The summed E-state index contributed by atoms with van der Waals surface area (Å²) >= 11 is 7.42. The second kappa shape index (κ2) is 5.98. The van der Waals surface area contributed by atoms with Gasteiger partial charge in [0.15, 0.2) is 0 Å². The van der Waals surface area contributed by atoms with Gasteiger partial charge in [0.25, 0.3) is 0 Å². The highest BCUT2D eigenvalue weighted by molar-refractivity contribution is 7.98. The lowest BCUT2D eigenvalue weighted by Gasteiger charge is -2.08. The maximum absolute atomic E-state index is 5.74. The second-order valence-corrected chi connectivity index (χ2v) is 5.09. The molecule has 0 amide bonds. The Morgan fingerprint density at radius 3 is 2.83 bits per heavy atom. The van der Waals surface area contributed by atoms with Gasteiger partial charge in [0, 0.05) is 28.6 Å². The molecule has 1 aromatic heterocycles. The zero-order valence-corrected chi connectivity index (χ0v) is 11.5. The molecule has 0 atom stereocenters. The average Bonchev–Trinajstić information content (AvgIpc) is 2.39. The first kappa shape index (κ1) is 13.1. The van der Waals surface area contributed by atoms with Gasteiger partial charge in [0.2, 0.25) is 0 Å². The number of nitrogens with two attached hydrogens (primary N) is 1. The molecule has 0 aliphatic heterocycles. The van der Waals surface area contributed by atoms with Crippen LogP contribution in [0.3, 0.4) is 0 Å². The van der Waals surface area contributed by atoms with E-state index in [4.69, 9.17) is 22.1 Å². The molecule has 0 aliphatic carbocycles. The zero-order chi connectivity index (χ0) is 13.0. The van der Waals surface area contributed by atoms with Crippen LogP contribution in [0.15, 0.2) is 41.4 Å². The van der Waals surface area contributed by atoms with Crippen molar-refractivity contribution in [2.24, 2.45) is 0 Å². The first-order valence-corrected chi connectivity index (χ1v) is 6.72. The number of anilines is 1. The van der Waals surface area contributed by atoms with Crippen LogP contribution in [-0.4, -0.2) is 12.1 Å². The molecule has 2 rings (SSSR count). The number of aromatic nitrogens is 1. The predicted octanol–water partition coefficient (Wildman–Crippen LogP) is 3.62. The quantitative estimate of drug-likeness (QED) is 0.528. The minimum absolute atomic E-state index is 0.508. The summed E-state index contributed by atoms with van der Waals surface area (Å²) in [4.78, 5) is 5.11. The summed E-state index contributed by atoms with van der Waals surface area (Å²) in [6.07, 6.45) is 1.78. The smallest absolute Gasteiger partial charge is 0.134 e. The third kappa shape index (κ3) is 3.31. The van der Waals surface area contributed by atoms with Crippen LogP contribution >= 0.6 is 23.4 Å². The highest BCUT2D eigenvalue weighted by Gasteiger charge is 2.04. The first-order valence-electron chi connectivity index (χ1n) is 5.36. The Morgan fingerprint density at radius 1 is 1.33 bits per heavy atom. The van der Waals surface area contributed by atoms with Crippen molar-refractivity contribution in [1.29, 1.82) is 0 Å². The van der Waals surface area contributed by atoms with Crippen LogP contribution in [0.1, 0.15) is 5.56 Å². The van der Waals surface area contributed by atoms with Gasteiger partial charge in [-0.25, -0.2) is 4.98 Å². The molecule has 1 aromatic carbocycles. The summed E-state index contributed by atoms with van der Waals surface area (Å²) in [7, 11) is 1.64. The highest BCUT2D eigenvalue weighted by Crippen LogP contribution is 2.32. The van der Waals surface area contributed by atoms with Gasteiger partial charge in [-0.3, -0.25) is 0 Å². The number of rotatable bonds is 4. The molecule has 94 valence electrons. The summed E-state index contributed by atoms with van der Waals surface area (Å²) in [6, 6.07) is 9.40. The van der Waals surface area contributed by atoms with Crippen molar-refractivity contribution in [2.45, 2.75) is 10.6 Å². The monoisotopic (exact) mass is 280 g/mol. The number of ether oxygens (including phenoxy) is 1. The lowest BCUT2D eigenvalue weighted by Crippen LogP contribution is -1.91. The van der Waals surface area contributed by atoms with E-state index in [1.165, 1.54) is 0 Å². The number of nitrogens with zero attached hydrogens (tertiary/aromatic N) is 1. The van der Waals surface area contributed by atoms with Crippen molar-refractivity contribution >= 4 is 29.1 Å². The highest BCUT2D eigenvalue weighted by atomic mass is 35.5. The predicted molar refractivity (Wildman–Crippen MR) is 76.2 cm³/mol. The van der Waals surface area contributed by atoms with E-state index in [2.05, 4.69) is 4.98 Å². The van der Waals surface area contributed by atoms with Crippen molar-refractivity contribution in [3.05, 3.63) is 47.2 Å². The summed E-state index contributed by atoms with van der Waals surface area (Å²) in [5, 5.41) is 0.508. The Balaban J connectivity index is 2.08. The molecular weight excluding hydrogens is 268 g/mol. The van der Waals surface area contributed by atoms with Crippen molar-refractivity contribution in [1.82, 2.24) is 4.98 Å². The van der Waals surface area contributed by atoms with Crippen LogP contribution in [0.2, 0.25) is 5.15 Å². The fraction of sp³-hybridized carbons (Fsp3) is 0.154. The van der Waals surface area contributed by atoms with Crippen LogP contribution in [0.25, 0.3) is 0 Å². The lowest BCUT2D eigenvalue weighted by molar-refractivity contribution is 0.405. The van der Waals surface area contributed by atoms with Gasteiger partial charge >= 0.3 is 0 Å². The molecule has 0 radical (unpaired) electrons. The molecule has 5 heteroatoms. The summed E-state index contributed by atoms with van der Waals surface area (Å²) in [5.74, 6) is 1.60. The summed E-state index contributed by atoms with van der Waals surface area (Å²) < 4.78 is 5.30. The van der Waals surface area contributed by atoms with Crippen LogP contribution in [0.4, 0.5) is 5.69 Å². The maximum atomic E-state index is 5.74. The van der Waals surface area contributed by atoms with Crippen LogP contribution in [0.5, 0.6) is 5.75 Å². The van der Waals surface area contributed by atoms with E-state index in [9.17, 15) is 0 Å². The fourth-order valence-corrected chi connectivity index (χ4v) is 2.51. The van der Waals surface area contributed by atoms with Gasteiger partial charge in [-0.05, 0) is 23.8 Å². The molecule has 2 N–H and O–H groups in total. The van der Waals surface area contributed by atoms with E-state index in [1.54, 1.807) is 31.1 Å². The largest absolute Gasteiger partial charge is 0.496 e. The van der Waals surface area contributed by atoms with Gasteiger partial charge < -0.3 is 10.5 Å². The fourth-order valence-electron chi connectivity index (χ4n) is 1.46. The number of nitrogen functional groups attached to an aromatic ring is 1. The number of pyridine rings is 1. The Kier molecular flexibility index (Phi) is 4.33. The molecule has 0 spiro atoms. The normalized spacial score (nSPS) is 10.3. The topological polar surface area (TPSA) is 48.1 Å². The van der Waals surface area contributed by atoms with E-state index in [0.29, 0.717) is 10.8 Å². The Morgan fingerprint density at radius 2 is 2.17 bits per heavy atom. The van der Waals surface area contributed by atoms with Crippen molar-refractivity contribution < 1.29 is 4.74 Å². The number of thioether (sulfide) groups is 1. The van der Waals surface area contributed by atoms with E-state index in [-0.39, 0.29) is 0 Å². The van der Waals surface area contributed by atoms with Crippen LogP contribution < -0.4 is 10.5 Å². The molecule has 0 unspecified atom stereocenters. The van der Waals surface area contributed by atoms with Gasteiger partial charge in [0.1, 0.15) is 10.9 Å². The van der Waals surface area contributed by atoms with Crippen LogP contribution in [-0.2, 0) is 5.75 Å². The Bertz CT molecular complexity index is 531. The number of halogens is 1. The van der Waals surface area contributed by atoms with Gasteiger partial charge in [-0.1, -0.05) is 17.7 Å². The Labute approximate surface area is 115 Å². The molecule has 0 fully saturated rings. The molecule has 3 nitrogen and oxygen atoms in total. The first-order chi connectivity index (χ1) is 8.69. The molecule has 0 saturated carbocycles. The van der Waals surface area contributed by atoms with Crippen molar-refractivity contribution in [3.8, 4) is 5.75 Å². The van der Waals surface area contributed by atoms with Gasteiger partial charge in [-0.2, -0.15) is 0 Å². The molecule has 2 aromatic rings. The minimum Gasteiger partial charge on any atom is -0.496 e. The zero-order valence-electron chi connectivity index (χ0n) is 9.89. The number of hydrogen-bond acceptors (Lipinski definition) is 4. The molecule has 18 heavy (non-hydrogen) atoms.